The molecule has 0 bridgehead atoms. The monoisotopic (exact) mass is 350 g/mol. The van der Waals surface area contributed by atoms with Gasteiger partial charge in [-0.15, -0.1) is 0 Å². The fourth-order valence-corrected chi connectivity index (χ4v) is 2.69. The number of fused-ring (bicyclic) bond motifs is 1. The number of carboxylic acid groups (broad SMARTS) is 1. The van der Waals surface area contributed by atoms with E-state index in [1.54, 1.807) is 42.1 Å². The number of ether oxygens (including phenoxy) is 1. The van der Waals surface area contributed by atoms with E-state index >= 15 is 0 Å². The minimum atomic E-state index is -1.08. The van der Waals surface area contributed by atoms with Gasteiger partial charge in [-0.1, -0.05) is 29.3 Å². The largest absolute Gasteiger partial charge is 0.497 e. The Balaban J connectivity index is 2.11. The van der Waals surface area contributed by atoms with Crippen molar-refractivity contribution in [2.24, 2.45) is 0 Å². The fourth-order valence-electron chi connectivity index (χ4n) is 2.37. The van der Waals surface area contributed by atoms with Crippen molar-refractivity contribution in [3.05, 3.63) is 57.7 Å². The van der Waals surface area contributed by atoms with Gasteiger partial charge >= 0.3 is 5.97 Å². The smallest absolute Gasteiger partial charge is 0.357 e. The quantitative estimate of drug-likeness (QED) is 0.769. The zero-order valence-electron chi connectivity index (χ0n) is 12.1. The van der Waals surface area contributed by atoms with E-state index < -0.39 is 5.97 Å². The number of hydrogen-bond donors (Lipinski definition) is 1. The Kier molecular flexibility index (Phi) is 4.15. The maximum Gasteiger partial charge on any atom is 0.357 e. The average molecular weight is 351 g/mol. The van der Waals surface area contributed by atoms with Crippen LogP contribution in [0.4, 0.5) is 0 Å². The summed E-state index contributed by atoms with van der Waals surface area (Å²) in [5.41, 5.74) is 1.54. The summed E-state index contributed by atoms with van der Waals surface area (Å²) in [5, 5.41) is 15.0. The van der Waals surface area contributed by atoms with Gasteiger partial charge in [0.2, 0.25) is 0 Å². The maximum absolute atomic E-state index is 11.4. The molecule has 0 spiro atoms. The molecule has 7 heteroatoms. The molecule has 3 rings (SSSR count). The van der Waals surface area contributed by atoms with Gasteiger partial charge in [0.25, 0.3) is 0 Å². The standard InChI is InChI=1S/C16H12Cl2N2O3/c1-23-10-3-4-11-14(7-10)20(19-15(11)16(21)22)8-9-2-5-12(17)13(18)6-9/h2-7H,8H2,1H3,(H,21,22). The first-order chi connectivity index (χ1) is 11.0. The van der Waals surface area contributed by atoms with Crippen molar-refractivity contribution in [1.82, 2.24) is 9.78 Å². The van der Waals surface area contributed by atoms with Crippen LogP contribution in [0.5, 0.6) is 5.75 Å². The van der Waals surface area contributed by atoms with E-state index in [0.29, 0.717) is 33.2 Å². The molecule has 3 aromatic rings. The third kappa shape index (κ3) is 2.98. The predicted molar refractivity (Wildman–Crippen MR) is 88.8 cm³/mol. The highest BCUT2D eigenvalue weighted by molar-refractivity contribution is 6.42. The summed E-state index contributed by atoms with van der Waals surface area (Å²) < 4.78 is 6.82. The minimum Gasteiger partial charge on any atom is -0.497 e. The van der Waals surface area contributed by atoms with Crippen LogP contribution < -0.4 is 4.74 Å². The van der Waals surface area contributed by atoms with E-state index in [4.69, 9.17) is 27.9 Å². The molecule has 0 aliphatic carbocycles. The van der Waals surface area contributed by atoms with Crippen LogP contribution in [0.3, 0.4) is 0 Å². The lowest BCUT2D eigenvalue weighted by Crippen LogP contribution is -2.04. The molecule has 0 aliphatic heterocycles. The van der Waals surface area contributed by atoms with Crippen molar-refractivity contribution >= 4 is 40.1 Å². The molecule has 0 amide bonds. The molecular formula is C16H12Cl2N2O3. The molecule has 5 nitrogen and oxygen atoms in total. The summed E-state index contributed by atoms with van der Waals surface area (Å²) in [6, 6.07) is 10.4. The molecule has 0 unspecified atom stereocenters. The second-order valence-corrected chi connectivity index (χ2v) is 5.76. The number of carboxylic acids is 1. The van der Waals surface area contributed by atoms with Gasteiger partial charge in [0.05, 0.1) is 29.2 Å². The van der Waals surface area contributed by atoms with Gasteiger partial charge in [-0.3, -0.25) is 4.68 Å². The van der Waals surface area contributed by atoms with Crippen LogP contribution in [0.15, 0.2) is 36.4 Å². The summed E-state index contributed by atoms with van der Waals surface area (Å²) in [6.07, 6.45) is 0. The highest BCUT2D eigenvalue weighted by atomic mass is 35.5. The number of benzene rings is 2. The summed E-state index contributed by atoms with van der Waals surface area (Å²) >= 11 is 11.9. The van der Waals surface area contributed by atoms with Gasteiger partial charge in [0.1, 0.15) is 5.75 Å². The summed E-state index contributed by atoms with van der Waals surface area (Å²) in [4.78, 5) is 11.4. The van der Waals surface area contributed by atoms with E-state index in [2.05, 4.69) is 5.10 Å². The fraction of sp³-hybridized carbons (Fsp3) is 0.125. The molecule has 0 aliphatic rings. The number of carbonyl (C=O) groups is 1. The number of methoxy groups -OCH3 is 1. The molecule has 2 aromatic carbocycles. The highest BCUT2D eigenvalue weighted by Crippen LogP contribution is 2.26. The highest BCUT2D eigenvalue weighted by Gasteiger charge is 2.17. The molecule has 1 N–H and O–H groups in total. The summed E-state index contributed by atoms with van der Waals surface area (Å²) in [6.45, 7) is 0.369. The molecule has 0 atom stereocenters. The van der Waals surface area contributed by atoms with Crippen LogP contribution >= 0.6 is 23.2 Å². The van der Waals surface area contributed by atoms with Crippen LogP contribution in [-0.4, -0.2) is 28.0 Å². The van der Waals surface area contributed by atoms with Gasteiger partial charge in [0, 0.05) is 11.5 Å². The van der Waals surface area contributed by atoms with E-state index in [1.165, 1.54) is 0 Å². The zero-order valence-corrected chi connectivity index (χ0v) is 13.6. The van der Waals surface area contributed by atoms with Gasteiger partial charge < -0.3 is 9.84 Å². The number of aromatic nitrogens is 2. The molecule has 118 valence electrons. The molecule has 1 heterocycles. The Labute approximate surface area is 142 Å². The molecule has 0 radical (unpaired) electrons. The van der Waals surface area contributed by atoms with Crippen LogP contribution in [0.1, 0.15) is 16.1 Å². The van der Waals surface area contributed by atoms with Gasteiger partial charge in [-0.05, 0) is 29.8 Å². The van der Waals surface area contributed by atoms with Crippen LogP contribution in [-0.2, 0) is 6.54 Å². The zero-order chi connectivity index (χ0) is 16.6. The molecule has 23 heavy (non-hydrogen) atoms. The van der Waals surface area contributed by atoms with Crippen molar-refractivity contribution in [3.63, 3.8) is 0 Å². The summed E-state index contributed by atoms with van der Waals surface area (Å²) in [7, 11) is 1.55. The first-order valence-electron chi connectivity index (χ1n) is 6.71. The van der Waals surface area contributed by atoms with Crippen molar-refractivity contribution in [3.8, 4) is 5.75 Å². The van der Waals surface area contributed by atoms with Crippen molar-refractivity contribution in [2.45, 2.75) is 6.54 Å². The van der Waals surface area contributed by atoms with Gasteiger partial charge in [0.15, 0.2) is 5.69 Å². The normalized spacial score (nSPS) is 10.9. The molecule has 1 aromatic heterocycles. The maximum atomic E-state index is 11.4. The van der Waals surface area contributed by atoms with E-state index in [1.807, 2.05) is 6.07 Å². The predicted octanol–water partition coefficient (Wildman–Crippen LogP) is 4.10. The average Bonchev–Trinajstić information content (AvgIpc) is 2.89. The number of rotatable bonds is 4. The first-order valence-corrected chi connectivity index (χ1v) is 7.47. The SMILES string of the molecule is COc1ccc2c(C(=O)O)nn(Cc3ccc(Cl)c(Cl)c3)c2c1. The number of aromatic carboxylic acids is 1. The van der Waals surface area contributed by atoms with E-state index in [-0.39, 0.29) is 5.69 Å². The molecule has 0 fully saturated rings. The van der Waals surface area contributed by atoms with Crippen LogP contribution in [0.25, 0.3) is 10.9 Å². The molecular weight excluding hydrogens is 339 g/mol. The summed E-state index contributed by atoms with van der Waals surface area (Å²) in [5.74, 6) is -0.446. The number of nitrogens with zero attached hydrogens (tertiary/aromatic N) is 2. The first kappa shape index (κ1) is 15.6. The van der Waals surface area contributed by atoms with Gasteiger partial charge in [-0.2, -0.15) is 5.10 Å². The van der Waals surface area contributed by atoms with Crippen molar-refractivity contribution < 1.29 is 14.6 Å². The van der Waals surface area contributed by atoms with Crippen LogP contribution in [0.2, 0.25) is 10.0 Å². The van der Waals surface area contributed by atoms with Crippen molar-refractivity contribution in [2.75, 3.05) is 7.11 Å². The lowest BCUT2D eigenvalue weighted by atomic mass is 10.2. The lowest BCUT2D eigenvalue weighted by molar-refractivity contribution is 0.0691. The van der Waals surface area contributed by atoms with Crippen molar-refractivity contribution in [1.29, 1.82) is 0 Å². The van der Waals surface area contributed by atoms with E-state index in [0.717, 1.165) is 5.56 Å². The van der Waals surface area contributed by atoms with E-state index in [9.17, 15) is 9.90 Å². The third-order valence-corrected chi connectivity index (χ3v) is 4.22. The van der Waals surface area contributed by atoms with Gasteiger partial charge in [-0.25, -0.2) is 4.79 Å². The Hall–Kier alpha value is -2.24. The number of hydrogen-bond acceptors (Lipinski definition) is 3. The molecule has 0 saturated heterocycles. The Bertz CT molecular complexity index is 906. The number of halogens is 2. The second-order valence-electron chi connectivity index (χ2n) is 4.94. The Morgan fingerprint density at radius 2 is 2.00 bits per heavy atom. The Morgan fingerprint density at radius 3 is 2.65 bits per heavy atom. The molecule has 0 saturated carbocycles. The topological polar surface area (TPSA) is 64.3 Å². The Morgan fingerprint density at radius 1 is 1.22 bits per heavy atom. The second kappa shape index (κ2) is 6.10. The lowest BCUT2D eigenvalue weighted by Gasteiger charge is -2.06. The minimum absolute atomic E-state index is 0.00251. The third-order valence-electron chi connectivity index (χ3n) is 3.48. The van der Waals surface area contributed by atoms with Crippen LogP contribution in [0, 0.1) is 0 Å².